The number of aromatic nitrogens is 1. The summed E-state index contributed by atoms with van der Waals surface area (Å²) in [5.41, 5.74) is 2.04. The molecule has 1 aromatic heterocycles. The van der Waals surface area contributed by atoms with E-state index in [0.29, 0.717) is 0 Å². The molecule has 0 fully saturated rings. The van der Waals surface area contributed by atoms with Crippen molar-refractivity contribution in [2.45, 2.75) is 0 Å². The summed E-state index contributed by atoms with van der Waals surface area (Å²) in [7, 11) is 1.87. The summed E-state index contributed by atoms with van der Waals surface area (Å²) < 4.78 is 0. The van der Waals surface area contributed by atoms with Crippen LogP contribution in [0.15, 0.2) is 30.3 Å². The van der Waals surface area contributed by atoms with Crippen LogP contribution in [0, 0.1) is 0 Å². The Bertz CT molecular complexity index is 385. The molecule has 2 nitrogen and oxygen atoms in total. The third kappa shape index (κ3) is 2.44. The van der Waals surface area contributed by atoms with Crippen LogP contribution in [-0.2, 0) is 0 Å². The molecular weight excluding hydrogens is 236 g/mol. The first-order chi connectivity index (χ1) is 5.90. The van der Waals surface area contributed by atoms with Gasteiger partial charge in [-0.2, -0.15) is 0 Å². The van der Waals surface area contributed by atoms with Gasteiger partial charge in [-0.3, -0.25) is 4.99 Å². The Balaban J connectivity index is 0.000000845. The van der Waals surface area contributed by atoms with Gasteiger partial charge in [-0.15, -0.1) is 5.52 Å². The predicted molar refractivity (Wildman–Crippen MR) is 55.1 cm³/mol. The summed E-state index contributed by atoms with van der Waals surface area (Å²) in [4.78, 5) is 7.34. The van der Waals surface area contributed by atoms with Crippen LogP contribution in [0.1, 0.15) is 5.69 Å². The van der Waals surface area contributed by atoms with Crippen LogP contribution in [0.5, 0.6) is 0 Å². The van der Waals surface area contributed by atoms with E-state index in [2.05, 4.69) is 22.1 Å². The van der Waals surface area contributed by atoms with Crippen molar-refractivity contribution in [1.29, 1.82) is 0 Å². The molecule has 0 atom stereocenters. The molecule has 0 saturated heterocycles. The molecular formula is C10H10N2Sr+2. The molecule has 0 amide bonds. The zero-order chi connectivity index (χ0) is 8.39. The Kier molecular flexibility index (Phi) is 4.19. The molecule has 0 unspecified atom stereocenters. The maximum Gasteiger partial charge on any atom is 2.00 e. The number of hydrogen-bond donors (Lipinski definition) is 1. The fourth-order valence-electron chi connectivity index (χ4n) is 1.26. The van der Waals surface area contributed by atoms with E-state index < -0.39 is 0 Å². The third-order valence-corrected chi connectivity index (χ3v) is 1.78. The molecule has 1 heterocycles. The molecule has 13 heavy (non-hydrogen) atoms. The Labute approximate surface area is 114 Å². The van der Waals surface area contributed by atoms with E-state index in [0.717, 1.165) is 11.2 Å². The molecule has 3 heteroatoms. The fourth-order valence-corrected chi connectivity index (χ4v) is 1.26. The molecule has 2 rings (SSSR count). The average Bonchev–Trinajstić information content (AvgIpc) is 2.47. The first-order valence-corrected chi connectivity index (χ1v) is 3.93. The number of para-hydroxylation sites is 1. The topological polar surface area (TPSA) is 28.1 Å². The van der Waals surface area contributed by atoms with Gasteiger partial charge in [0.25, 0.3) is 0 Å². The van der Waals surface area contributed by atoms with E-state index in [1.165, 1.54) is 5.39 Å². The molecule has 1 N–H and O–H groups in total. The molecule has 1 aromatic carbocycles. The van der Waals surface area contributed by atoms with Crippen molar-refractivity contribution in [3.8, 4) is 0 Å². The first-order valence-electron chi connectivity index (χ1n) is 3.93. The summed E-state index contributed by atoms with van der Waals surface area (Å²) in [6.45, 7) is 0. The monoisotopic (exact) mass is 246 g/mol. The Hall–Kier alpha value is -0.0895. The van der Waals surface area contributed by atoms with Crippen molar-refractivity contribution in [3.63, 3.8) is 0 Å². The summed E-state index contributed by atoms with van der Waals surface area (Å²) in [6.07, 6.45) is 1.89. The van der Waals surface area contributed by atoms with Crippen molar-refractivity contribution < 1.29 is 4.99 Å². The van der Waals surface area contributed by atoms with Gasteiger partial charge in [-0.05, 0) is 5.39 Å². The standard InChI is InChI=1S/C10H9N2.Sr/c1-11-7-9-6-8-4-2-3-5-10(8)12-9;/h2-7H,1H3;/q-1;+2/p+1. The normalized spacial score (nSPS) is 10.5. The van der Waals surface area contributed by atoms with Crippen molar-refractivity contribution >= 4 is 62.6 Å². The maximum atomic E-state index is 4.38. The minimum absolute atomic E-state index is 0. The van der Waals surface area contributed by atoms with Crippen LogP contribution in [-0.4, -0.2) is 58.7 Å². The number of rotatable bonds is 1. The number of benzene rings is 1. The van der Waals surface area contributed by atoms with Crippen LogP contribution in [0.25, 0.3) is 10.9 Å². The first kappa shape index (κ1) is 11.0. The van der Waals surface area contributed by atoms with Gasteiger partial charge < -0.3 is 4.98 Å². The van der Waals surface area contributed by atoms with E-state index in [9.17, 15) is 0 Å². The third-order valence-electron chi connectivity index (χ3n) is 1.78. The number of nitrogens with one attached hydrogen (secondary N) is 1. The summed E-state index contributed by atoms with van der Waals surface area (Å²) in [5.74, 6) is 0. The Morgan fingerprint density at radius 1 is 1.31 bits per heavy atom. The van der Waals surface area contributed by atoms with E-state index in [-0.39, 0.29) is 45.5 Å². The van der Waals surface area contributed by atoms with Crippen LogP contribution in [0.2, 0.25) is 0 Å². The van der Waals surface area contributed by atoms with E-state index >= 15 is 0 Å². The zero-order valence-corrected chi connectivity index (χ0v) is 11.1. The molecule has 0 spiro atoms. The minimum Gasteiger partial charge on any atom is -0.653 e. The second kappa shape index (κ2) is 4.96. The SMILES string of the molecule is C[NH+]=Cc1cc2ccccc2[n-]1.[Sr+2]. The van der Waals surface area contributed by atoms with Crippen LogP contribution in [0.4, 0.5) is 0 Å². The van der Waals surface area contributed by atoms with Gasteiger partial charge in [0.1, 0.15) is 13.3 Å². The average molecular weight is 246 g/mol. The molecule has 0 aliphatic rings. The van der Waals surface area contributed by atoms with Crippen molar-refractivity contribution in [2.75, 3.05) is 7.05 Å². The number of nitrogens with zero attached hydrogens (tertiary/aromatic N) is 1. The summed E-state index contributed by atoms with van der Waals surface area (Å²) >= 11 is 0. The second-order valence-electron chi connectivity index (χ2n) is 2.67. The molecule has 0 aliphatic carbocycles. The Morgan fingerprint density at radius 2 is 2.08 bits per heavy atom. The summed E-state index contributed by atoms with van der Waals surface area (Å²) in [5, 5.41) is 1.19. The van der Waals surface area contributed by atoms with Gasteiger partial charge in [0.2, 0.25) is 0 Å². The van der Waals surface area contributed by atoms with Crippen molar-refractivity contribution in [2.24, 2.45) is 0 Å². The molecule has 0 aliphatic heterocycles. The van der Waals surface area contributed by atoms with Crippen LogP contribution < -0.4 is 9.98 Å². The fraction of sp³-hybridized carbons (Fsp3) is 0.100. The van der Waals surface area contributed by atoms with Gasteiger partial charge in [0.05, 0.1) is 0 Å². The van der Waals surface area contributed by atoms with Gasteiger partial charge in [-0.1, -0.05) is 36.0 Å². The van der Waals surface area contributed by atoms with Gasteiger partial charge in [-0.25, -0.2) is 0 Å². The van der Waals surface area contributed by atoms with E-state index in [1.54, 1.807) is 0 Å². The zero-order valence-electron chi connectivity index (χ0n) is 7.62. The largest absolute Gasteiger partial charge is 2.00 e. The van der Waals surface area contributed by atoms with Gasteiger partial charge in [0, 0.05) is 0 Å². The van der Waals surface area contributed by atoms with Crippen molar-refractivity contribution in [1.82, 2.24) is 4.98 Å². The minimum atomic E-state index is 0. The summed E-state index contributed by atoms with van der Waals surface area (Å²) in [6, 6.07) is 10.2. The quantitative estimate of drug-likeness (QED) is 0.535. The molecule has 60 valence electrons. The van der Waals surface area contributed by atoms with Gasteiger partial charge in [0.15, 0.2) is 0 Å². The smallest absolute Gasteiger partial charge is 0.653 e. The molecule has 0 bridgehead atoms. The van der Waals surface area contributed by atoms with Crippen molar-refractivity contribution in [3.05, 3.63) is 36.0 Å². The second-order valence-corrected chi connectivity index (χ2v) is 2.67. The molecule has 0 saturated carbocycles. The van der Waals surface area contributed by atoms with Crippen LogP contribution >= 0.6 is 0 Å². The maximum absolute atomic E-state index is 4.38. The molecule has 2 aromatic rings. The Morgan fingerprint density at radius 3 is 2.77 bits per heavy atom. The van der Waals surface area contributed by atoms with Gasteiger partial charge >= 0.3 is 45.5 Å². The molecule has 0 radical (unpaired) electrons. The number of hydrogen-bond acceptors (Lipinski definition) is 0. The van der Waals surface area contributed by atoms with E-state index in [1.807, 2.05) is 31.5 Å². The predicted octanol–water partition coefficient (Wildman–Crippen LogP) is -0.455. The number of fused-ring (bicyclic) bond motifs is 1. The van der Waals surface area contributed by atoms with Crippen LogP contribution in [0.3, 0.4) is 0 Å². The van der Waals surface area contributed by atoms with E-state index in [4.69, 9.17) is 0 Å².